The molecule has 4 rings (SSSR count). The quantitative estimate of drug-likeness (QED) is 0.441. The van der Waals surface area contributed by atoms with Gasteiger partial charge in [0.1, 0.15) is 17.3 Å². The molecule has 0 bridgehead atoms. The van der Waals surface area contributed by atoms with Gasteiger partial charge in [0.25, 0.3) is 0 Å². The highest BCUT2D eigenvalue weighted by atomic mass is 16.5. The Bertz CT molecular complexity index is 1060. The van der Waals surface area contributed by atoms with Crippen molar-refractivity contribution in [2.45, 2.75) is 6.54 Å². The van der Waals surface area contributed by atoms with Crippen LogP contribution in [0.2, 0.25) is 0 Å². The van der Waals surface area contributed by atoms with Crippen molar-refractivity contribution < 1.29 is 13.9 Å². The Labute approximate surface area is 169 Å². The van der Waals surface area contributed by atoms with Crippen LogP contribution >= 0.6 is 0 Å². The molecule has 4 aromatic rings. The van der Waals surface area contributed by atoms with Gasteiger partial charge >= 0.3 is 0 Å². The molecule has 29 heavy (non-hydrogen) atoms. The maximum absolute atomic E-state index is 5.58. The van der Waals surface area contributed by atoms with Gasteiger partial charge < -0.3 is 18.8 Å². The summed E-state index contributed by atoms with van der Waals surface area (Å²) < 4.78 is 16.2. The summed E-state index contributed by atoms with van der Waals surface area (Å²) in [7, 11) is 3.36. The third-order valence-corrected chi connectivity index (χ3v) is 4.72. The lowest BCUT2D eigenvalue weighted by Gasteiger charge is -2.24. The van der Waals surface area contributed by atoms with Crippen molar-refractivity contribution in [2.24, 2.45) is 0 Å². The van der Waals surface area contributed by atoms with E-state index < -0.39 is 0 Å². The number of para-hydroxylation sites is 1. The highest BCUT2D eigenvalue weighted by molar-refractivity contribution is 5.91. The zero-order valence-corrected chi connectivity index (χ0v) is 16.5. The lowest BCUT2D eigenvalue weighted by atomic mass is 10.1. The predicted octanol–water partition coefficient (Wildman–Crippen LogP) is 4.55. The van der Waals surface area contributed by atoms with Crippen LogP contribution in [0, 0.1) is 0 Å². The van der Waals surface area contributed by atoms with Gasteiger partial charge in [-0.05, 0) is 48.5 Å². The summed E-state index contributed by atoms with van der Waals surface area (Å²) in [5.41, 5.74) is 1.83. The molecule has 0 unspecified atom stereocenters. The first-order valence-electron chi connectivity index (χ1n) is 9.46. The Hall–Kier alpha value is -3.38. The van der Waals surface area contributed by atoms with E-state index in [0.717, 1.165) is 33.8 Å². The average molecular weight is 389 g/mol. The normalized spacial score (nSPS) is 11.0. The highest BCUT2D eigenvalue weighted by Gasteiger charge is 2.17. The Morgan fingerprint density at radius 3 is 2.48 bits per heavy atom. The molecule has 0 aliphatic carbocycles. The van der Waals surface area contributed by atoms with Crippen LogP contribution in [0.1, 0.15) is 5.76 Å². The predicted molar refractivity (Wildman–Crippen MR) is 113 cm³/mol. The summed E-state index contributed by atoms with van der Waals surface area (Å²) in [4.78, 5) is 11.9. The summed E-state index contributed by atoms with van der Waals surface area (Å²) >= 11 is 0. The molecule has 0 radical (unpaired) electrons. The Morgan fingerprint density at radius 2 is 1.76 bits per heavy atom. The van der Waals surface area contributed by atoms with Crippen LogP contribution in [0.5, 0.6) is 5.75 Å². The first kappa shape index (κ1) is 19.0. The van der Waals surface area contributed by atoms with E-state index in [1.54, 1.807) is 20.5 Å². The molecule has 2 heterocycles. The van der Waals surface area contributed by atoms with Crippen LogP contribution in [0.15, 0.2) is 71.3 Å². The number of anilines is 1. The molecule has 148 valence electrons. The van der Waals surface area contributed by atoms with E-state index in [-0.39, 0.29) is 0 Å². The molecule has 0 N–H and O–H groups in total. The molecule has 2 aromatic heterocycles. The maximum atomic E-state index is 5.58. The minimum Gasteiger partial charge on any atom is -0.497 e. The number of nitrogens with zero attached hydrogens (tertiary/aromatic N) is 3. The van der Waals surface area contributed by atoms with Crippen LogP contribution in [-0.2, 0) is 11.3 Å². The van der Waals surface area contributed by atoms with Gasteiger partial charge in [0.2, 0.25) is 0 Å². The van der Waals surface area contributed by atoms with E-state index in [9.17, 15) is 0 Å². The van der Waals surface area contributed by atoms with Crippen LogP contribution in [0.3, 0.4) is 0 Å². The molecule has 0 saturated carbocycles. The first-order valence-corrected chi connectivity index (χ1v) is 9.46. The van der Waals surface area contributed by atoms with Crippen molar-refractivity contribution in [1.82, 2.24) is 9.97 Å². The maximum Gasteiger partial charge on any atom is 0.162 e. The molecular formula is C23H23N3O3. The monoisotopic (exact) mass is 389 g/mol. The number of methoxy groups -OCH3 is 2. The lowest BCUT2D eigenvalue weighted by molar-refractivity contribution is 0.204. The molecule has 0 fully saturated rings. The Kier molecular flexibility index (Phi) is 5.72. The van der Waals surface area contributed by atoms with Gasteiger partial charge in [0.05, 0.1) is 32.0 Å². The molecule has 0 aliphatic rings. The van der Waals surface area contributed by atoms with Crippen molar-refractivity contribution in [2.75, 3.05) is 32.3 Å². The van der Waals surface area contributed by atoms with Gasteiger partial charge in [-0.3, -0.25) is 0 Å². The van der Waals surface area contributed by atoms with Crippen molar-refractivity contribution in [1.29, 1.82) is 0 Å². The molecular weight excluding hydrogens is 366 g/mol. The van der Waals surface area contributed by atoms with Crippen molar-refractivity contribution in [3.8, 4) is 17.1 Å². The first-order chi connectivity index (χ1) is 14.3. The van der Waals surface area contributed by atoms with Crippen molar-refractivity contribution in [3.63, 3.8) is 0 Å². The molecule has 0 aliphatic heterocycles. The number of hydrogen-bond donors (Lipinski definition) is 0. The van der Waals surface area contributed by atoms with Crippen LogP contribution < -0.4 is 9.64 Å². The number of rotatable bonds is 8. The summed E-state index contributed by atoms with van der Waals surface area (Å²) in [5.74, 6) is 3.20. The third-order valence-electron chi connectivity index (χ3n) is 4.72. The van der Waals surface area contributed by atoms with Gasteiger partial charge in [-0.2, -0.15) is 0 Å². The number of benzene rings is 2. The van der Waals surface area contributed by atoms with E-state index in [4.69, 9.17) is 23.9 Å². The zero-order chi connectivity index (χ0) is 20.1. The van der Waals surface area contributed by atoms with E-state index in [0.29, 0.717) is 25.5 Å². The molecule has 2 aromatic carbocycles. The van der Waals surface area contributed by atoms with E-state index in [1.165, 1.54) is 0 Å². The second kappa shape index (κ2) is 8.75. The van der Waals surface area contributed by atoms with Crippen LogP contribution in [-0.4, -0.2) is 37.3 Å². The minimum atomic E-state index is 0.580. The summed E-state index contributed by atoms with van der Waals surface area (Å²) in [6, 6.07) is 19.7. The summed E-state index contributed by atoms with van der Waals surface area (Å²) in [5, 5.41) is 0.993. The number of fused-ring (bicyclic) bond motifs is 1. The molecule has 0 atom stereocenters. The Morgan fingerprint density at radius 1 is 0.931 bits per heavy atom. The van der Waals surface area contributed by atoms with Gasteiger partial charge in [-0.1, -0.05) is 12.1 Å². The second-order valence-electron chi connectivity index (χ2n) is 6.61. The highest BCUT2D eigenvalue weighted by Crippen LogP contribution is 2.29. The largest absolute Gasteiger partial charge is 0.497 e. The fraction of sp³-hybridized carbons (Fsp3) is 0.217. The molecule has 0 spiro atoms. The van der Waals surface area contributed by atoms with Crippen LogP contribution in [0.4, 0.5) is 5.82 Å². The molecule has 6 nitrogen and oxygen atoms in total. The fourth-order valence-corrected chi connectivity index (χ4v) is 3.22. The zero-order valence-electron chi connectivity index (χ0n) is 16.5. The summed E-state index contributed by atoms with van der Waals surface area (Å²) in [6.45, 7) is 1.86. The number of aromatic nitrogens is 2. The van der Waals surface area contributed by atoms with E-state index in [2.05, 4.69) is 4.90 Å². The lowest BCUT2D eigenvalue weighted by Crippen LogP contribution is -2.28. The second-order valence-corrected chi connectivity index (χ2v) is 6.61. The SMILES string of the molecule is COCCN(Cc1ccco1)c1nc(-c2ccc(OC)cc2)nc2ccccc12. The van der Waals surface area contributed by atoms with E-state index >= 15 is 0 Å². The molecule has 0 amide bonds. The van der Waals surface area contributed by atoms with Gasteiger partial charge in [-0.25, -0.2) is 9.97 Å². The fourth-order valence-electron chi connectivity index (χ4n) is 3.22. The van der Waals surface area contributed by atoms with Gasteiger partial charge in [-0.15, -0.1) is 0 Å². The molecule has 6 heteroatoms. The number of ether oxygens (including phenoxy) is 2. The molecule has 0 saturated heterocycles. The third kappa shape index (κ3) is 4.22. The summed E-state index contributed by atoms with van der Waals surface area (Å²) in [6.07, 6.45) is 1.69. The average Bonchev–Trinajstić information content (AvgIpc) is 3.29. The van der Waals surface area contributed by atoms with Gasteiger partial charge in [0.15, 0.2) is 5.82 Å². The van der Waals surface area contributed by atoms with E-state index in [1.807, 2.05) is 60.7 Å². The standard InChI is InChI=1S/C23H23N3O3/c1-27-15-13-26(16-19-6-5-14-29-19)23-20-7-3-4-8-21(20)24-22(25-23)17-9-11-18(28-2)12-10-17/h3-12,14H,13,15-16H2,1-2H3. The van der Waals surface area contributed by atoms with Crippen LogP contribution in [0.25, 0.3) is 22.3 Å². The van der Waals surface area contributed by atoms with Crippen molar-refractivity contribution in [3.05, 3.63) is 72.7 Å². The number of hydrogen-bond acceptors (Lipinski definition) is 6. The minimum absolute atomic E-state index is 0.580. The van der Waals surface area contributed by atoms with Gasteiger partial charge in [0, 0.05) is 24.6 Å². The smallest absolute Gasteiger partial charge is 0.162 e. The topological polar surface area (TPSA) is 60.6 Å². The number of furan rings is 1. The van der Waals surface area contributed by atoms with Crippen molar-refractivity contribution >= 4 is 16.7 Å². The Balaban J connectivity index is 1.81.